The lowest BCUT2D eigenvalue weighted by Gasteiger charge is -2.12. The van der Waals surface area contributed by atoms with Crippen LogP contribution < -0.4 is 10.1 Å². The van der Waals surface area contributed by atoms with Gasteiger partial charge in [0.05, 0.1) is 17.7 Å². The van der Waals surface area contributed by atoms with Crippen LogP contribution in [0.3, 0.4) is 0 Å². The molecular formula is C18H15NO5S. The SMILES string of the molecule is COc1ccc(S(=O)(=O)O)cc1NC(=O)c1cccc2ccccc12. The van der Waals surface area contributed by atoms with Gasteiger partial charge in [-0.2, -0.15) is 8.42 Å². The highest BCUT2D eigenvalue weighted by Crippen LogP contribution is 2.28. The largest absolute Gasteiger partial charge is 0.495 e. The number of hydrogen-bond acceptors (Lipinski definition) is 4. The Labute approximate surface area is 144 Å². The van der Waals surface area contributed by atoms with Crippen molar-refractivity contribution < 1.29 is 22.5 Å². The summed E-state index contributed by atoms with van der Waals surface area (Å²) in [5.74, 6) is -0.136. The maximum absolute atomic E-state index is 12.7. The normalized spacial score (nSPS) is 11.3. The number of carbonyl (C=O) groups is 1. The van der Waals surface area contributed by atoms with Crippen LogP contribution in [-0.2, 0) is 10.1 Å². The van der Waals surface area contributed by atoms with Crippen molar-refractivity contribution in [2.75, 3.05) is 12.4 Å². The van der Waals surface area contributed by atoms with Crippen molar-refractivity contribution >= 4 is 32.5 Å². The topological polar surface area (TPSA) is 92.7 Å². The van der Waals surface area contributed by atoms with Crippen molar-refractivity contribution in [1.29, 1.82) is 0 Å². The predicted molar refractivity (Wildman–Crippen MR) is 94.7 cm³/mol. The van der Waals surface area contributed by atoms with Crippen LogP contribution in [0.4, 0.5) is 5.69 Å². The van der Waals surface area contributed by atoms with Crippen LogP contribution in [0.15, 0.2) is 65.6 Å². The second kappa shape index (κ2) is 6.54. The average Bonchev–Trinajstić information content (AvgIpc) is 2.60. The van der Waals surface area contributed by atoms with E-state index in [9.17, 15) is 17.8 Å². The minimum absolute atomic E-state index is 0.149. The Morgan fingerprint density at radius 1 is 1.04 bits per heavy atom. The van der Waals surface area contributed by atoms with Gasteiger partial charge in [-0.25, -0.2) is 0 Å². The van der Waals surface area contributed by atoms with E-state index >= 15 is 0 Å². The highest BCUT2D eigenvalue weighted by Gasteiger charge is 2.16. The van der Waals surface area contributed by atoms with E-state index in [-0.39, 0.29) is 16.3 Å². The number of fused-ring (bicyclic) bond motifs is 1. The van der Waals surface area contributed by atoms with E-state index < -0.39 is 16.0 Å². The average molecular weight is 357 g/mol. The molecule has 0 saturated carbocycles. The van der Waals surface area contributed by atoms with Crippen LogP contribution in [0.25, 0.3) is 10.8 Å². The number of anilines is 1. The summed E-state index contributed by atoms with van der Waals surface area (Å²) in [6, 6.07) is 16.5. The Kier molecular flexibility index (Phi) is 4.43. The summed E-state index contributed by atoms with van der Waals surface area (Å²) in [5.41, 5.74) is 0.591. The number of ether oxygens (including phenoxy) is 1. The second-order valence-electron chi connectivity index (χ2n) is 5.32. The number of benzene rings is 3. The molecule has 0 atom stereocenters. The van der Waals surface area contributed by atoms with Crippen LogP contribution in [0.5, 0.6) is 5.75 Å². The third-order valence-corrected chi connectivity index (χ3v) is 4.60. The quantitative estimate of drug-likeness (QED) is 0.699. The fraction of sp³-hybridized carbons (Fsp3) is 0.0556. The highest BCUT2D eigenvalue weighted by atomic mass is 32.2. The van der Waals surface area contributed by atoms with Crippen molar-refractivity contribution in [3.8, 4) is 5.75 Å². The Bertz CT molecular complexity index is 1050. The number of carbonyl (C=O) groups excluding carboxylic acids is 1. The van der Waals surface area contributed by atoms with Gasteiger partial charge >= 0.3 is 0 Å². The van der Waals surface area contributed by atoms with Gasteiger partial charge in [-0.05, 0) is 35.0 Å². The maximum Gasteiger partial charge on any atom is 0.294 e. The molecule has 0 heterocycles. The van der Waals surface area contributed by atoms with E-state index in [2.05, 4.69) is 5.32 Å². The van der Waals surface area contributed by atoms with Crippen LogP contribution >= 0.6 is 0 Å². The van der Waals surface area contributed by atoms with E-state index in [0.29, 0.717) is 5.56 Å². The van der Waals surface area contributed by atoms with Crippen LogP contribution in [0.1, 0.15) is 10.4 Å². The summed E-state index contributed by atoms with van der Waals surface area (Å²) >= 11 is 0. The first-order valence-corrected chi connectivity index (χ1v) is 8.79. The molecule has 2 N–H and O–H groups in total. The molecule has 0 aliphatic carbocycles. The van der Waals surface area contributed by atoms with Gasteiger partial charge < -0.3 is 10.1 Å². The van der Waals surface area contributed by atoms with E-state index in [1.54, 1.807) is 12.1 Å². The molecule has 25 heavy (non-hydrogen) atoms. The lowest BCUT2D eigenvalue weighted by atomic mass is 10.0. The Morgan fingerprint density at radius 2 is 1.76 bits per heavy atom. The van der Waals surface area contributed by atoms with Gasteiger partial charge in [-0.1, -0.05) is 36.4 Å². The lowest BCUT2D eigenvalue weighted by molar-refractivity contribution is 0.102. The predicted octanol–water partition coefficient (Wildman–Crippen LogP) is 3.35. The third-order valence-electron chi connectivity index (χ3n) is 3.75. The molecule has 3 aromatic rings. The van der Waals surface area contributed by atoms with Crippen LogP contribution in [0.2, 0.25) is 0 Å². The Hall–Kier alpha value is -2.90. The smallest absolute Gasteiger partial charge is 0.294 e. The molecule has 0 aliphatic heterocycles. The van der Waals surface area contributed by atoms with E-state index in [0.717, 1.165) is 16.8 Å². The third kappa shape index (κ3) is 3.47. The van der Waals surface area contributed by atoms with Crippen molar-refractivity contribution in [3.63, 3.8) is 0 Å². The molecule has 0 fully saturated rings. The summed E-state index contributed by atoms with van der Waals surface area (Å²) < 4.78 is 37.0. The van der Waals surface area contributed by atoms with Crippen molar-refractivity contribution in [2.45, 2.75) is 4.90 Å². The first-order valence-electron chi connectivity index (χ1n) is 7.35. The number of methoxy groups -OCH3 is 1. The molecule has 0 aliphatic rings. The number of rotatable bonds is 4. The zero-order chi connectivity index (χ0) is 18.0. The summed E-state index contributed by atoms with van der Waals surface area (Å²) in [7, 11) is -2.99. The number of hydrogen-bond donors (Lipinski definition) is 2. The Morgan fingerprint density at radius 3 is 2.48 bits per heavy atom. The summed E-state index contributed by atoms with van der Waals surface area (Å²) in [4.78, 5) is 12.3. The van der Waals surface area contributed by atoms with Gasteiger partial charge in [0.1, 0.15) is 5.75 Å². The molecule has 128 valence electrons. The maximum atomic E-state index is 12.7. The molecule has 0 radical (unpaired) electrons. The zero-order valence-corrected chi connectivity index (χ0v) is 14.1. The van der Waals surface area contributed by atoms with Gasteiger partial charge in [0.15, 0.2) is 0 Å². The van der Waals surface area contributed by atoms with Gasteiger partial charge in [0.25, 0.3) is 16.0 Å². The zero-order valence-electron chi connectivity index (χ0n) is 13.3. The molecule has 7 heteroatoms. The summed E-state index contributed by atoms with van der Waals surface area (Å²) in [6.07, 6.45) is 0. The second-order valence-corrected chi connectivity index (χ2v) is 6.74. The Balaban J connectivity index is 2.03. The summed E-state index contributed by atoms with van der Waals surface area (Å²) in [5, 5.41) is 4.32. The minimum atomic E-state index is -4.39. The van der Waals surface area contributed by atoms with Crippen molar-refractivity contribution in [3.05, 3.63) is 66.2 Å². The van der Waals surface area contributed by atoms with E-state index in [1.807, 2.05) is 30.3 Å². The first-order chi connectivity index (χ1) is 11.9. The van der Waals surface area contributed by atoms with Crippen molar-refractivity contribution in [1.82, 2.24) is 0 Å². The standard InChI is InChI=1S/C18H15NO5S/c1-24-17-10-9-13(25(21,22)23)11-16(17)19-18(20)15-8-4-6-12-5-2-3-7-14(12)15/h2-11H,1H3,(H,19,20)(H,21,22,23). The number of amides is 1. The van der Waals surface area contributed by atoms with E-state index in [1.165, 1.54) is 19.2 Å². The fourth-order valence-electron chi connectivity index (χ4n) is 2.56. The molecule has 0 unspecified atom stereocenters. The fourth-order valence-corrected chi connectivity index (χ4v) is 3.07. The van der Waals surface area contributed by atoms with Gasteiger partial charge in [-0.15, -0.1) is 0 Å². The molecule has 0 spiro atoms. The van der Waals surface area contributed by atoms with Crippen molar-refractivity contribution in [2.24, 2.45) is 0 Å². The van der Waals surface area contributed by atoms with Gasteiger partial charge in [-0.3, -0.25) is 9.35 Å². The van der Waals surface area contributed by atoms with Crippen LogP contribution in [-0.4, -0.2) is 26.0 Å². The lowest BCUT2D eigenvalue weighted by Crippen LogP contribution is -2.13. The molecule has 1 amide bonds. The monoisotopic (exact) mass is 357 g/mol. The molecule has 3 aromatic carbocycles. The molecule has 0 saturated heterocycles. The molecular weight excluding hydrogens is 342 g/mol. The van der Waals surface area contributed by atoms with Gasteiger partial charge in [0, 0.05) is 5.56 Å². The molecule has 0 bridgehead atoms. The minimum Gasteiger partial charge on any atom is -0.495 e. The van der Waals surface area contributed by atoms with Crippen LogP contribution in [0, 0.1) is 0 Å². The van der Waals surface area contributed by atoms with E-state index in [4.69, 9.17) is 4.74 Å². The summed E-state index contributed by atoms with van der Waals surface area (Å²) in [6.45, 7) is 0. The molecule has 3 rings (SSSR count). The van der Waals surface area contributed by atoms with Gasteiger partial charge in [0.2, 0.25) is 0 Å². The molecule has 6 nitrogen and oxygen atoms in total. The number of nitrogens with one attached hydrogen (secondary N) is 1. The highest BCUT2D eigenvalue weighted by molar-refractivity contribution is 7.85. The molecule has 0 aromatic heterocycles. The first kappa shape index (κ1) is 16.9.